The van der Waals surface area contributed by atoms with Crippen LogP contribution in [0.3, 0.4) is 0 Å². The third-order valence-corrected chi connectivity index (χ3v) is 2.22. The van der Waals surface area contributed by atoms with Gasteiger partial charge in [-0.25, -0.2) is 15.8 Å². The number of methoxy groups -OCH3 is 1. The molecule has 0 aromatic carbocycles. The van der Waals surface area contributed by atoms with Crippen molar-refractivity contribution in [3.63, 3.8) is 0 Å². The van der Waals surface area contributed by atoms with Crippen LogP contribution in [0.4, 0.5) is 11.5 Å². The molecule has 8 nitrogen and oxygen atoms in total. The van der Waals surface area contributed by atoms with Crippen molar-refractivity contribution in [3.8, 4) is 5.88 Å². The van der Waals surface area contributed by atoms with E-state index in [-0.39, 0.29) is 5.69 Å². The number of pyridine rings is 1. The van der Waals surface area contributed by atoms with Crippen LogP contribution in [-0.4, -0.2) is 28.0 Å². The van der Waals surface area contributed by atoms with Gasteiger partial charge in [-0.15, -0.1) is 0 Å². The van der Waals surface area contributed by atoms with Crippen molar-refractivity contribution in [1.29, 1.82) is 0 Å². The molecule has 1 amide bonds. The molecule has 0 saturated carbocycles. The molecule has 0 spiro atoms. The number of anilines is 2. The summed E-state index contributed by atoms with van der Waals surface area (Å²) in [6, 6.07) is 3.31. The number of hydrazine groups is 1. The minimum Gasteiger partial charge on any atom is -0.481 e. The maximum absolute atomic E-state index is 11.9. The van der Waals surface area contributed by atoms with Gasteiger partial charge in [0.15, 0.2) is 5.82 Å². The summed E-state index contributed by atoms with van der Waals surface area (Å²) in [5.74, 6) is 5.56. The number of nitrogens with one attached hydrogen (secondary N) is 2. The normalized spacial score (nSPS) is 9.79. The first-order chi connectivity index (χ1) is 9.22. The van der Waals surface area contributed by atoms with E-state index in [9.17, 15) is 4.79 Å². The zero-order valence-electron chi connectivity index (χ0n) is 10.1. The standard InChI is InChI=1S/C11H12N6O2/c1-19-10-3-2-7(4-14-10)15-11(18)8-5-13-6-9(16-8)17-12/h2-6H,12H2,1H3,(H,15,18)(H,16,17). The van der Waals surface area contributed by atoms with E-state index in [0.29, 0.717) is 17.4 Å². The zero-order valence-corrected chi connectivity index (χ0v) is 10.1. The summed E-state index contributed by atoms with van der Waals surface area (Å²) in [4.78, 5) is 23.7. The first-order valence-electron chi connectivity index (χ1n) is 5.33. The molecule has 98 valence electrons. The molecule has 2 heterocycles. The smallest absolute Gasteiger partial charge is 0.275 e. The molecule has 2 aromatic rings. The summed E-state index contributed by atoms with van der Waals surface area (Å²) in [6.07, 6.45) is 4.23. The fourth-order valence-corrected chi connectivity index (χ4v) is 1.32. The predicted octanol–water partition coefficient (Wildman–Crippen LogP) is 0.418. The van der Waals surface area contributed by atoms with E-state index in [1.54, 1.807) is 12.1 Å². The molecular formula is C11H12N6O2. The third kappa shape index (κ3) is 3.13. The van der Waals surface area contributed by atoms with Crippen LogP contribution in [0.15, 0.2) is 30.7 Å². The number of carbonyl (C=O) groups is 1. The van der Waals surface area contributed by atoms with Gasteiger partial charge in [0.05, 0.1) is 31.4 Å². The number of nitrogens with zero attached hydrogens (tertiary/aromatic N) is 3. The lowest BCUT2D eigenvalue weighted by Gasteiger charge is -2.05. The van der Waals surface area contributed by atoms with Gasteiger partial charge >= 0.3 is 0 Å². The number of hydrogen-bond donors (Lipinski definition) is 3. The number of ether oxygens (including phenoxy) is 1. The van der Waals surface area contributed by atoms with Crippen LogP contribution in [0.1, 0.15) is 10.5 Å². The lowest BCUT2D eigenvalue weighted by Crippen LogP contribution is -2.16. The third-order valence-electron chi connectivity index (χ3n) is 2.22. The van der Waals surface area contributed by atoms with Crippen LogP contribution in [0, 0.1) is 0 Å². The van der Waals surface area contributed by atoms with Gasteiger partial charge < -0.3 is 15.5 Å². The topological polar surface area (TPSA) is 115 Å². The van der Waals surface area contributed by atoms with E-state index in [1.165, 1.54) is 25.7 Å². The largest absolute Gasteiger partial charge is 0.481 e. The van der Waals surface area contributed by atoms with Gasteiger partial charge in [0.2, 0.25) is 5.88 Å². The number of carbonyl (C=O) groups excluding carboxylic acids is 1. The number of rotatable bonds is 4. The van der Waals surface area contributed by atoms with Crippen molar-refractivity contribution in [2.75, 3.05) is 17.9 Å². The Morgan fingerprint density at radius 1 is 1.32 bits per heavy atom. The average Bonchev–Trinajstić information content (AvgIpc) is 2.48. The minimum absolute atomic E-state index is 0.145. The van der Waals surface area contributed by atoms with Crippen molar-refractivity contribution in [1.82, 2.24) is 15.0 Å². The van der Waals surface area contributed by atoms with E-state index in [2.05, 4.69) is 25.7 Å². The average molecular weight is 260 g/mol. The highest BCUT2D eigenvalue weighted by Gasteiger charge is 2.09. The Morgan fingerprint density at radius 2 is 2.16 bits per heavy atom. The molecule has 0 unspecified atom stereocenters. The Hall–Kier alpha value is -2.74. The van der Waals surface area contributed by atoms with Gasteiger partial charge in [0.25, 0.3) is 5.91 Å². The van der Waals surface area contributed by atoms with Gasteiger partial charge in [0, 0.05) is 6.07 Å². The Kier molecular flexibility index (Phi) is 3.84. The fourth-order valence-electron chi connectivity index (χ4n) is 1.32. The molecule has 4 N–H and O–H groups in total. The molecule has 2 rings (SSSR count). The molecular weight excluding hydrogens is 248 g/mol. The Bertz CT molecular complexity index is 572. The monoisotopic (exact) mass is 260 g/mol. The second kappa shape index (κ2) is 5.74. The molecule has 0 bridgehead atoms. The first kappa shape index (κ1) is 12.7. The number of amides is 1. The molecule has 0 radical (unpaired) electrons. The maximum Gasteiger partial charge on any atom is 0.275 e. The van der Waals surface area contributed by atoms with Crippen LogP contribution in [0.2, 0.25) is 0 Å². The first-order valence-corrected chi connectivity index (χ1v) is 5.33. The second-order valence-corrected chi connectivity index (χ2v) is 3.48. The van der Waals surface area contributed by atoms with Crippen molar-refractivity contribution < 1.29 is 9.53 Å². The lowest BCUT2D eigenvalue weighted by atomic mass is 10.3. The van der Waals surface area contributed by atoms with E-state index in [4.69, 9.17) is 10.6 Å². The molecule has 19 heavy (non-hydrogen) atoms. The highest BCUT2D eigenvalue weighted by Crippen LogP contribution is 2.12. The molecule has 0 aliphatic rings. The number of nitrogen functional groups attached to an aromatic ring is 1. The summed E-state index contributed by atoms with van der Waals surface area (Å²) in [7, 11) is 1.52. The second-order valence-electron chi connectivity index (χ2n) is 3.48. The molecule has 0 aliphatic heterocycles. The highest BCUT2D eigenvalue weighted by molar-refractivity contribution is 6.02. The van der Waals surface area contributed by atoms with Crippen molar-refractivity contribution in [2.45, 2.75) is 0 Å². The Morgan fingerprint density at radius 3 is 2.79 bits per heavy atom. The zero-order chi connectivity index (χ0) is 13.7. The number of nitrogens with two attached hydrogens (primary N) is 1. The van der Waals surface area contributed by atoms with Gasteiger partial charge in [-0.3, -0.25) is 9.78 Å². The van der Waals surface area contributed by atoms with Gasteiger partial charge in [-0.2, -0.15) is 0 Å². The van der Waals surface area contributed by atoms with E-state index < -0.39 is 5.91 Å². The molecule has 0 fully saturated rings. The van der Waals surface area contributed by atoms with Crippen molar-refractivity contribution in [2.24, 2.45) is 5.84 Å². The summed E-state index contributed by atoms with van der Waals surface area (Å²) in [6.45, 7) is 0. The summed E-state index contributed by atoms with van der Waals surface area (Å²) < 4.78 is 4.92. The molecule has 2 aromatic heterocycles. The molecule has 0 saturated heterocycles. The minimum atomic E-state index is -0.406. The fraction of sp³-hybridized carbons (Fsp3) is 0.0909. The van der Waals surface area contributed by atoms with E-state index in [0.717, 1.165) is 0 Å². The number of aromatic nitrogens is 3. The highest BCUT2D eigenvalue weighted by atomic mass is 16.5. The van der Waals surface area contributed by atoms with Gasteiger partial charge in [0.1, 0.15) is 5.69 Å². The number of hydrogen-bond acceptors (Lipinski definition) is 7. The van der Waals surface area contributed by atoms with Crippen LogP contribution < -0.4 is 21.3 Å². The van der Waals surface area contributed by atoms with E-state index >= 15 is 0 Å². The summed E-state index contributed by atoms with van der Waals surface area (Å²) in [5.41, 5.74) is 2.99. The van der Waals surface area contributed by atoms with Crippen molar-refractivity contribution in [3.05, 3.63) is 36.4 Å². The van der Waals surface area contributed by atoms with Crippen LogP contribution in [0.25, 0.3) is 0 Å². The molecule has 8 heteroatoms. The van der Waals surface area contributed by atoms with E-state index in [1.807, 2.05) is 0 Å². The quantitative estimate of drug-likeness (QED) is 0.539. The molecule has 0 atom stereocenters. The van der Waals surface area contributed by atoms with Crippen LogP contribution >= 0.6 is 0 Å². The van der Waals surface area contributed by atoms with Gasteiger partial charge in [-0.05, 0) is 6.07 Å². The van der Waals surface area contributed by atoms with Crippen molar-refractivity contribution >= 4 is 17.4 Å². The van der Waals surface area contributed by atoms with Crippen LogP contribution in [0.5, 0.6) is 5.88 Å². The lowest BCUT2D eigenvalue weighted by molar-refractivity contribution is 0.102. The summed E-state index contributed by atoms with van der Waals surface area (Å²) in [5, 5.41) is 2.63. The SMILES string of the molecule is COc1ccc(NC(=O)c2cncc(NN)n2)cn1. The summed E-state index contributed by atoms with van der Waals surface area (Å²) >= 11 is 0. The van der Waals surface area contributed by atoms with Gasteiger partial charge in [-0.1, -0.05) is 0 Å². The predicted molar refractivity (Wildman–Crippen MR) is 68.6 cm³/mol. The maximum atomic E-state index is 11.9. The Balaban J connectivity index is 2.11. The van der Waals surface area contributed by atoms with Crippen LogP contribution in [-0.2, 0) is 0 Å². The molecule has 0 aliphatic carbocycles. The Labute approximate surface area is 109 Å².